The van der Waals surface area contributed by atoms with Crippen LogP contribution in [0, 0.1) is 12.7 Å². The van der Waals surface area contributed by atoms with Gasteiger partial charge < -0.3 is 11.1 Å². The molecule has 0 aromatic heterocycles. The lowest BCUT2D eigenvalue weighted by molar-refractivity contribution is -0.122. The lowest BCUT2D eigenvalue weighted by Crippen LogP contribution is -2.48. The van der Waals surface area contributed by atoms with Gasteiger partial charge in [0.2, 0.25) is 5.91 Å². The number of hydrogen-bond donors (Lipinski definition) is 2. The number of nitrogens with one attached hydrogen (secondary N) is 1. The van der Waals surface area contributed by atoms with Gasteiger partial charge in [-0.25, -0.2) is 4.39 Å². The Bertz CT molecular complexity index is 419. The van der Waals surface area contributed by atoms with Crippen LogP contribution in [0.4, 0.5) is 10.1 Å². The second-order valence-corrected chi connectivity index (χ2v) is 4.80. The number of primary amides is 1. The second kappa shape index (κ2) is 4.35. The Morgan fingerprint density at radius 2 is 2.00 bits per heavy atom. The molecule has 1 saturated carbocycles. The van der Waals surface area contributed by atoms with E-state index < -0.39 is 5.54 Å². The summed E-state index contributed by atoms with van der Waals surface area (Å²) in [4.78, 5) is 11.6. The minimum atomic E-state index is -0.694. The van der Waals surface area contributed by atoms with E-state index in [1.807, 2.05) is 13.0 Å². The number of halogens is 1. The predicted octanol–water partition coefficient (Wildman–Crippen LogP) is 2.34. The third-order valence-corrected chi connectivity index (χ3v) is 3.35. The summed E-state index contributed by atoms with van der Waals surface area (Å²) in [5.74, 6) is -0.651. The van der Waals surface area contributed by atoms with Crippen molar-refractivity contribution in [2.24, 2.45) is 5.73 Å². The average molecular weight is 236 g/mol. The van der Waals surface area contributed by atoms with Crippen LogP contribution in [0.3, 0.4) is 0 Å². The van der Waals surface area contributed by atoms with Gasteiger partial charge >= 0.3 is 0 Å². The summed E-state index contributed by atoms with van der Waals surface area (Å²) in [5, 5.41) is 3.12. The molecule has 0 unspecified atom stereocenters. The van der Waals surface area contributed by atoms with E-state index in [-0.39, 0.29) is 11.7 Å². The first-order valence-corrected chi connectivity index (χ1v) is 5.87. The fraction of sp³-hybridized carbons (Fsp3) is 0.462. The molecule has 4 heteroatoms. The van der Waals surface area contributed by atoms with Crippen LogP contribution in [-0.4, -0.2) is 11.4 Å². The van der Waals surface area contributed by atoms with Crippen LogP contribution in [0.2, 0.25) is 0 Å². The molecule has 1 fully saturated rings. The lowest BCUT2D eigenvalue weighted by Gasteiger charge is -2.28. The number of carbonyl (C=O) groups excluding carboxylic acids is 1. The minimum Gasteiger partial charge on any atom is -0.371 e. The van der Waals surface area contributed by atoms with Crippen molar-refractivity contribution in [3.63, 3.8) is 0 Å². The maximum Gasteiger partial charge on any atom is 0.243 e. The van der Waals surface area contributed by atoms with Crippen molar-refractivity contribution >= 4 is 11.6 Å². The van der Waals surface area contributed by atoms with E-state index in [9.17, 15) is 9.18 Å². The molecule has 1 aliphatic carbocycles. The molecule has 0 spiro atoms. The van der Waals surface area contributed by atoms with Crippen molar-refractivity contribution in [2.45, 2.75) is 38.1 Å². The normalized spacial score (nSPS) is 18.0. The van der Waals surface area contributed by atoms with Crippen molar-refractivity contribution in [3.05, 3.63) is 29.6 Å². The number of benzene rings is 1. The summed E-state index contributed by atoms with van der Waals surface area (Å²) in [6, 6.07) is 4.68. The van der Waals surface area contributed by atoms with Crippen molar-refractivity contribution in [1.82, 2.24) is 0 Å². The number of carbonyl (C=O) groups is 1. The van der Waals surface area contributed by atoms with Gasteiger partial charge in [0.15, 0.2) is 0 Å². The summed E-state index contributed by atoms with van der Waals surface area (Å²) in [6.07, 6.45) is 3.39. The molecule has 1 aromatic carbocycles. The fourth-order valence-corrected chi connectivity index (χ4v) is 2.50. The molecule has 17 heavy (non-hydrogen) atoms. The summed E-state index contributed by atoms with van der Waals surface area (Å²) < 4.78 is 13.3. The Morgan fingerprint density at radius 3 is 2.53 bits per heavy atom. The summed E-state index contributed by atoms with van der Waals surface area (Å²) >= 11 is 0. The minimum absolute atomic E-state index is 0.301. The zero-order valence-electron chi connectivity index (χ0n) is 9.92. The van der Waals surface area contributed by atoms with Crippen LogP contribution in [0.15, 0.2) is 18.2 Å². The highest BCUT2D eigenvalue weighted by Crippen LogP contribution is 2.33. The Kier molecular flexibility index (Phi) is 3.05. The number of amides is 1. The largest absolute Gasteiger partial charge is 0.371 e. The quantitative estimate of drug-likeness (QED) is 0.846. The number of hydrogen-bond acceptors (Lipinski definition) is 2. The van der Waals surface area contributed by atoms with E-state index in [0.29, 0.717) is 5.69 Å². The Morgan fingerprint density at radius 1 is 1.35 bits per heavy atom. The van der Waals surface area contributed by atoms with Gasteiger partial charge in [-0.1, -0.05) is 12.8 Å². The molecule has 0 aliphatic heterocycles. The predicted molar refractivity (Wildman–Crippen MR) is 65.2 cm³/mol. The van der Waals surface area contributed by atoms with Crippen molar-refractivity contribution in [1.29, 1.82) is 0 Å². The van der Waals surface area contributed by atoms with Crippen LogP contribution in [0.5, 0.6) is 0 Å². The topological polar surface area (TPSA) is 55.1 Å². The standard InChI is InChI=1S/C13H17FN2O/c1-9-6-10(14)8-11(7-9)16-13(12(15)17)4-2-3-5-13/h6-8,16H,2-5H2,1H3,(H2,15,17). The number of aryl methyl sites for hydroxylation is 1. The maximum absolute atomic E-state index is 13.3. The first-order chi connectivity index (χ1) is 8.02. The molecular weight excluding hydrogens is 219 g/mol. The highest BCUT2D eigenvalue weighted by Gasteiger charge is 2.39. The van der Waals surface area contributed by atoms with Gasteiger partial charge in [-0.05, 0) is 43.5 Å². The number of rotatable bonds is 3. The highest BCUT2D eigenvalue weighted by molar-refractivity contribution is 5.88. The Balaban J connectivity index is 2.26. The molecule has 3 N–H and O–H groups in total. The molecule has 0 heterocycles. The zero-order chi connectivity index (χ0) is 12.5. The highest BCUT2D eigenvalue weighted by atomic mass is 19.1. The van der Waals surface area contributed by atoms with Gasteiger partial charge in [-0.15, -0.1) is 0 Å². The molecule has 1 aliphatic rings. The van der Waals surface area contributed by atoms with E-state index in [1.165, 1.54) is 12.1 Å². The maximum atomic E-state index is 13.3. The van der Waals surface area contributed by atoms with Crippen LogP contribution in [0.25, 0.3) is 0 Å². The third-order valence-electron chi connectivity index (χ3n) is 3.35. The molecule has 0 saturated heterocycles. The molecule has 1 amide bonds. The van der Waals surface area contributed by atoms with Crippen molar-refractivity contribution in [2.75, 3.05) is 5.32 Å². The van der Waals surface area contributed by atoms with E-state index >= 15 is 0 Å². The Hall–Kier alpha value is -1.58. The number of nitrogens with two attached hydrogens (primary N) is 1. The van der Waals surface area contributed by atoms with Crippen LogP contribution in [0.1, 0.15) is 31.2 Å². The van der Waals surface area contributed by atoms with Gasteiger partial charge in [0.1, 0.15) is 11.4 Å². The molecule has 0 radical (unpaired) electrons. The monoisotopic (exact) mass is 236 g/mol. The first-order valence-electron chi connectivity index (χ1n) is 5.87. The molecule has 1 aromatic rings. The van der Waals surface area contributed by atoms with Crippen LogP contribution in [-0.2, 0) is 4.79 Å². The average Bonchev–Trinajstić information content (AvgIpc) is 2.65. The lowest BCUT2D eigenvalue weighted by atomic mass is 9.96. The molecule has 92 valence electrons. The second-order valence-electron chi connectivity index (χ2n) is 4.80. The molecule has 2 rings (SSSR count). The van der Waals surface area contributed by atoms with E-state index in [0.717, 1.165) is 31.2 Å². The van der Waals surface area contributed by atoms with E-state index in [4.69, 9.17) is 5.73 Å². The summed E-state index contributed by atoms with van der Waals surface area (Å²) in [7, 11) is 0. The smallest absolute Gasteiger partial charge is 0.243 e. The van der Waals surface area contributed by atoms with E-state index in [2.05, 4.69) is 5.32 Å². The van der Waals surface area contributed by atoms with Crippen molar-refractivity contribution < 1.29 is 9.18 Å². The molecule has 3 nitrogen and oxygen atoms in total. The molecule has 0 atom stereocenters. The van der Waals surface area contributed by atoms with Gasteiger partial charge in [-0.3, -0.25) is 4.79 Å². The van der Waals surface area contributed by atoms with Gasteiger partial charge in [0.25, 0.3) is 0 Å². The molecular formula is C13H17FN2O. The van der Waals surface area contributed by atoms with Gasteiger partial charge in [0.05, 0.1) is 0 Å². The Labute approximate surface area is 100 Å². The zero-order valence-corrected chi connectivity index (χ0v) is 9.92. The summed E-state index contributed by atoms with van der Waals surface area (Å²) in [6.45, 7) is 1.82. The van der Waals surface area contributed by atoms with Crippen LogP contribution < -0.4 is 11.1 Å². The van der Waals surface area contributed by atoms with E-state index in [1.54, 1.807) is 0 Å². The SMILES string of the molecule is Cc1cc(F)cc(NC2(C(N)=O)CCCC2)c1. The number of anilines is 1. The van der Waals surface area contributed by atoms with Gasteiger partial charge in [-0.2, -0.15) is 0 Å². The first kappa shape index (κ1) is 11.9. The van der Waals surface area contributed by atoms with Crippen LogP contribution >= 0.6 is 0 Å². The summed E-state index contributed by atoms with van der Waals surface area (Å²) in [5.41, 5.74) is 6.22. The van der Waals surface area contributed by atoms with Gasteiger partial charge in [0, 0.05) is 5.69 Å². The fourth-order valence-electron chi connectivity index (χ4n) is 2.50. The molecule has 0 bridgehead atoms. The van der Waals surface area contributed by atoms with Crippen molar-refractivity contribution in [3.8, 4) is 0 Å². The third kappa shape index (κ3) is 2.40.